The molecule has 0 spiro atoms. The van der Waals surface area contributed by atoms with Crippen LogP contribution in [0.3, 0.4) is 0 Å². The highest BCUT2D eigenvalue weighted by Gasteiger charge is 2.37. The molecule has 0 rings (SSSR count). The van der Waals surface area contributed by atoms with Crippen molar-refractivity contribution in [1.82, 2.24) is 0 Å². The van der Waals surface area contributed by atoms with Gasteiger partial charge in [0.25, 0.3) is 0 Å². The van der Waals surface area contributed by atoms with Crippen LogP contribution in [0.5, 0.6) is 0 Å². The van der Waals surface area contributed by atoms with E-state index in [2.05, 4.69) is 5.54 Å². The molecule has 0 bridgehead atoms. The first-order valence-electron chi connectivity index (χ1n) is 3.40. The summed E-state index contributed by atoms with van der Waals surface area (Å²) in [5.74, 6) is 1.80. The van der Waals surface area contributed by atoms with Gasteiger partial charge in [-0.15, -0.1) is 5.54 Å². The fraction of sp³-hybridized carbons (Fsp3) is 0.714. The van der Waals surface area contributed by atoms with E-state index in [9.17, 15) is 13.2 Å². The molecule has 0 radical (unpaired) electrons. The van der Waals surface area contributed by atoms with Crippen molar-refractivity contribution >= 4 is 8.07 Å². The van der Waals surface area contributed by atoms with Crippen LogP contribution in [0.4, 0.5) is 13.2 Å². The monoisotopic (exact) mass is 196 g/mol. The molecule has 0 aromatic heterocycles. The average Bonchev–Trinajstić information content (AvgIpc) is 1.78. The van der Waals surface area contributed by atoms with Crippen LogP contribution in [0, 0.1) is 11.5 Å². The van der Waals surface area contributed by atoms with Gasteiger partial charge in [0.05, 0.1) is 0 Å². The highest BCUT2D eigenvalue weighted by Crippen LogP contribution is 2.19. The Morgan fingerprint density at radius 3 is 1.92 bits per heavy atom. The highest BCUT2D eigenvalue weighted by molar-refractivity contribution is 6.83. The van der Waals surface area contributed by atoms with Gasteiger partial charge < -0.3 is 5.11 Å². The normalized spacial score (nSPS) is 14.9. The number of aliphatic hydroxyl groups is 1. The number of halogens is 3. The van der Waals surface area contributed by atoms with E-state index in [1.807, 2.05) is 19.6 Å². The maximum Gasteiger partial charge on any atom is 0.425 e. The molecular formula is C7H11F3OSi. The maximum atomic E-state index is 11.7. The van der Waals surface area contributed by atoms with E-state index in [1.165, 1.54) is 0 Å². The Balaban J connectivity index is 4.34. The van der Waals surface area contributed by atoms with Gasteiger partial charge in [0, 0.05) is 0 Å². The second kappa shape index (κ2) is 3.50. The third-order valence-electron chi connectivity index (χ3n) is 0.894. The van der Waals surface area contributed by atoms with Crippen LogP contribution < -0.4 is 0 Å². The SMILES string of the molecule is C[Si](C)(C)C#CC(O)C(F)(F)F. The minimum absolute atomic E-state index is 1.80. The summed E-state index contributed by atoms with van der Waals surface area (Å²) in [6, 6.07) is 0. The van der Waals surface area contributed by atoms with Crippen molar-refractivity contribution in [3.63, 3.8) is 0 Å². The summed E-state index contributed by atoms with van der Waals surface area (Å²) in [5.41, 5.74) is 2.45. The fourth-order valence-electron chi connectivity index (χ4n) is 0.367. The first kappa shape index (κ1) is 11.5. The Morgan fingerprint density at radius 1 is 1.25 bits per heavy atom. The van der Waals surface area contributed by atoms with Crippen molar-refractivity contribution in [2.24, 2.45) is 0 Å². The molecule has 12 heavy (non-hydrogen) atoms. The van der Waals surface area contributed by atoms with Crippen LogP contribution in [0.25, 0.3) is 0 Å². The Morgan fingerprint density at radius 2 is 1.67 bits per heavy atom. The molecule has 0 aliphatic carbocycles. The lowest BCUT2D eigenvalue weighted by molar-refractivity contribution is -0.184. The smallest absolute Gasteiger partial charge is 0.372 e. The first-order chi connectivity index (χ1) is 5.13. The van der Waals surface area contributed by atoms with Crippen LogP contribution in [-0.4, -0.2) is 25.5 Å². The van der Waals surface area contributed by atoms with Crippen LogP contribution in [0.1, 0.15) is 0 Å². The zero-order valence-electron chi connectivity index (χ0n) is 7.16. The maximum absolute atomic E-state index is 11.7. The highest BCUT2D eigenvalue weighted by atomic mass is 28.3. The zero-order chi connectivity index (χ0) is 9.99. The van der Waals surface area contributed by atoms with E-state index in [-0.39, 0.29) is 0 Å². The van der Waals surface area contributed by atoms with E-state index < -0.39 is 20.4 Å². The summed E-state index contributed by atoms with van der Waals surface area (Å²) in [4.78, 5) is 0. The van der Waals surface area contributed by atoms with Gasteiger partial charge in [0.2, 0.25) is 6.10 Å². The molecule has 1 nitrogen and oxygen atoms in total. The van der Waals surface area contributed by atoms with Gasteiger partial charge in [-0.3, -0.25) is 0 Å². The summed E-state index contributed by atoms with van der Waals surface area (Å²) < 4.78 is 35.1. The van der Waals surface area contributed by atoms with E-state index in [0.717, 1.165) is 0 Å². The van der Waals surface area contributed by atoms with Gasteiger partial charge in [-0.25, -0.2) is 0 Å². The predicted molar refractivity (Wildman–Crippen MR) is 43.2 cm³/mol. The fourth-order valence-corrected chi connectivity index (χ4v) is 0.936. The molecular weight excluding hydrogens is 185 g/mol. The Bertz CT molecular complexity index is 205. The Kier molecular flexibility index (Phi) is 3.36. The van der Waals surface area contributed by atoms with Crippen molar-refractivity contribution in [2.45, 2.75) is 31.9 Å². The van der Waals surface area contributed by atoms with Crippen LogP contribution in [0.2, 0.25) is 19.6 Å². The second-order valence-electron chi connectivity index (χ2n) is 3.46. The standard InChI is InChI=1S/C7H11F3OSi/c1-12(2,3)5-4-6(11)7(8,9)10/h6,11H,1-3H3. The second-order valence-corrected chi connectivity index (χ2v) is 8.21. The third kappa shape index (κ3) is 5.21. The molecule has 0 aliphatic rings. The minimum atomic E-state index is -4.62. The summed E-state index contributed by atoms with van der Waals surface area (Å²) in [6.07, 6.45) is -7.11. The van der Waals surface area contributed by atoms with Gasteiger partial charge in [-0.1, -0.05) is 25.6 Å². The Hall–Kier alpha value is -0.473. The number of rotatable bonds is 0. The van der Waals surface area contributed by atoms with Crippen LogP contribution in [-0.2, 0) is 0 Å². The number of hydrogen-bond donors (Lipinski definition) is 1. The third-order valence-corrected chi connectivity index (χ3v) is 1.79. The molecule has 1 atom stereocenters. The lowest BCUT2D eigenvalue weighted by atomic mass is 10.4. The number of hydrogen-bond acceptors (Lipinski definition) is 1. The number of alkyl halides is 3. The zero-order valence-corrected chi connectivity index (χ0v) is 8.16. The van der Waals surface area contributed by atoms with Crippen molar-refractivity contribution in [2.75, 3.05) is 0 Å². The summed E-state index contributed by atoms with van der Waals surface area (Å²) >= 11 is 0. The van der Waals surface area contributed by atoms with Gasteiger partial charge in [-0.05, 0) is 0 Å². The summed E-state index contributed by atoms with van der Waals surface area (Å²) in [5, 5.41) is 8.47. The van der Waals surface area contributed by atoms with E-state index in [0.29, 0.717) is 0 Å². The molecule has 0 fully saturated rings. The van der Waals surface area contributed by atoms with E-state index >= 15 is 0 Å². The van der Waals surface area contributed by atoms with Crippen LogP contribution in [0.15, 0.2) is 0 Å². The van der Waals surface area contributed by atoms with Gasteiger partial charge in [0.1, 0.15) is 8.07 Å². The van der Waals surface area contributed by atoms with E-state index in [1.54, 1.807) is 5.92 Å². The molecule has 70 valence electrons. The van der Waals surface area contributed by atoms with Crippen LogP contribution >= 0.6 is 0 Å². The molecule has 0 heterocycles. The molecule has 5 heteroatoms. The van der Waals surface area contributed by atoms with Gasteiger partial charge in [-0.2, -0.15) is 13.2 Å². The molecule has 0 saturated carbocycles. The lowest BCUT2D eigenvalue weighted by Gasteiger charge is -2.09. The molecule has 0 aromatic carbocycles. The van der Waals surface area contributed by atoms with Crippen molar-refractivity contribution in [1.29, 1.82) is 0 Å². The van der Waals surface area contributed by atoms with Crippen molar-refractivity contribution in [3.8, 4) is 11.5 Å². The van der Waals surface area contributed by atoms with Gasteiger partial charge >= 0.3 is 6.18 Å². The van der Waals surface area contributed by atoms with Crippen molar-refractivity contribution < 1.29 is 18.3 Å². The topological polar surface area (TPSA) is 20.2 Å². The van der Waals surface area contributed by atoms with E-state index in [4.69, 9.17) is 5.11 Å². The minimum Gasteiger partial charge on any atom is -0.372 e. The van der Waals surface area contributed by atoms with Gasteiger partial charge in [0.15, 0.2) is 0 Å². The molecule has 0 saturated heterocycles. The molecule has 0 amide bonds. The molecule has 0 aliphatic heterocycles. The Labute approximate surface area is 70.6 Å². The molecule has 0 aromatic rings. The molecule has 1 N–H and O–H groups in total. The molecule has 1 unspecified atom stereocenters. The lowest BCUT2D eigenvalue weighted by Crippen LogP contribution is -2.28. The largest absolute Gasteiger partial charge is 0.425 e. The number of aliphatic hydroxyl groups excluding tert-OH is 1. The van der Waals surface area contributed by atoms with Crippen molar-refractivity contribution in [3.05, 3.63) is 0 Å². The summed E-state index contributed by atoms with van der Waals surface area (Å²) in [7, 11) is -1.82. The average molecular weight is 196 g/mol. The predicted octanol–water partition coefficient (Wildman–Crippen LogP) is 1.79. The first-order valence-corrected chi connectivity index (χ1v) is 6.90. The summed E-state index contributed by atoms with van der Waals surface area (Å²) in [6.45, 7) is 5.43. The quantitative estimate of drug-likeness (QED) is 0.462.